The van der Waals surface area contributed by atoms with E-state index in [9.17, 15) is 10.1 Å². The Morgan fingerprint density at radius 2 is 2.18 bits per heavy atom. The fourth-order valence-electron chi connectivity index (χ4n) is 1.92. The Morgan fingerprint density at radius 1 is 1.53 bits per heavy atom. The molecule has 2 N–H and O–H groups in total. The molecule has 0 radical (unpaired) electrons. The van der Waals surface area contributed by atoms with Gasteiger partial charge in [0.25, 0.3) is 0 Å². The van der Waals surface area contributed by atoms with Gasteiger partial charge in [-0.15, -0.1) is 0 Å². The van der Waals surface area contributed by atoms with Crippen molar-refractivity contribution in [1.29, 1.82) is 0 Å². The zero-order valence-electron chi connectivity index (χ0n) is 9.61. The molecule has 0 aromatic carbocycles. The molecule has 2 atom stereocenters. The van der Waals surface area contributed by atoms with E-state index in [0.29, 0.717) is 11.9 Å². The van der Waals surface area contributed by atoms with Crippen molar-refractivity contribution in [2.75, 3.05) is 18.0 Å². The molecular formula is C10H15N5O2. The average molecular weight is 237 g/mol. The van der Waals surface area contributed by atoms with Crippen molar-refractivity contribution in [3.63, 3.8) is 0 Å². The lowest BCUT2D eigenvalue weighted by Gasteiger charge is -2.34. The quantitative estimate of drug-likeness (QED) is 0.596. The number of hydrogen-bond acceptors (Lipinski definition) is 6. The summed E-state index contributed by atoms with van der Waals surface area (Å²) in [6.45, 7) is 3.67. The average Bonchev–Trinajstić information content (AvgIpc) is 2.33. The zero-order valence-corrected chi connectivity index (χ0v) is 9.61. The van der Waals surface area contributed by atoms with E-state index in [1.807, 2.05) is 4.90 Å². The van der Waals surface area contributed by atoms with Gasteiger partial charge in [0.05, 0.1) is 4.92 Å². The minimum absolute atomic E-state index is 0.0875. The van der Waals surface area contributed by atoms with E-state index in [2.05, 4.69) is 16.9 Å². The number of rotatable bonds is 2. The maximum absolute atomic E-state index is 10.5. The Kier molecular flexibility index (Phi) is 3.19. The van der Waals surface area contributed by atoms with Gasteiger partial charge in [0, 0.05) is 19.1 Å². The SMILES string of the molecule is CC1CN(c2ncc([N+](=O)[O-])cn2)CCC1N. The number of nitro groups is 1. The minimum Gasteiger partial charge on any atom is -0.340 e. The molecule has 7 nitrogen and oxygen atoms in total. The molecule has 1 saturated heterocycles. The van der Waals surface area contributed by atoms with Crippen LogP contribution in [0.25, 0.3) is 0 Å². The molecule has 7 heteroatoms. The molecule has 0 amide bonds. The summed E-state index contributed by atoms with van der Waals surface area (Å²) in [5, 5.41) is 10.5. The van der Waals surface area contributed by atoms with Gasteiger partial charge in [-0.3, -0.25) is 10.1 Å². The zero-order chi connectivity index (χ0) is 12.4. The summed E-state index contributed by atoms with van der Waals surface area (Å²) in [5.41, 5.74) is 5.84. The van der Waals surface area contributed by atoms with Crippen LogP contribution in [-0.4, -0.2) is 34.0 Å². The van der Waals surface area contributed by atoms with Crippen LogP contribution < -0.4 is 10.6 Å². The van der Waals surface area contributed by atoms with Gasteiger partial charge in [0.1, 0.15) is 12.4 Å². The maximum atomic E-state index is 10.5. The van der Waals surface area contributed by atoms with E-state index in [4.69, 9.17) is 5.73 Å². The molecule has 1 aliphatic rings. The van der Waals surface area contributed by atoms with Crippen molar-refractivity contribution in [3.05, 3.63) is 22.5 Å². The van der Waals surface area contributed by atoms with E-state index < -0.39 is 4.92 Å². The molecule has 92 valence electrons. The molecule has 1 aliphatic heterocycles. The number of nitrogens with two attached hydrogens (primary N) is 1. The first-order valence-electron chi connectivity index (χ1n) is 5.55. The summed E-state index contributed by atoms with van der Waals surface area (Å²) in [6, 6.07) is 0.212. The first-order chi connectivity index (χ1) is 8.08. The van der Waals surface area contributed by atoms with Crippen LogP contribution in [0, 0.1) is 16.0 Å². The van der Waals surface area contributed by atoms with Crippen LogP contribution in [0.3, 0.4) is 0 Å². The second kappa shape index (κ2) is 4.62. The topological polar surface area (TPSA) is 98.2 Å². The lowest BCUT2D eigenvalue weighted by molar-refractivity contribution is -0.385. The standard InChI is InChI=1S/C10H15N5O2/c1-7-6-14(3-2-9(7)11)10-12-4-8(5-13-10)15(16)17/h4-5,7,9H,2-3,6,11H2,1H3. The normalized spacial score (nSPS) is 24.7. The van der Waals surface area contributed by atoms with E-state index in [1.165, 1.54) is 12.4 Å². The van der Waals surface area contributed by atoms with Gasteiger partial charge in [0.2, 0.25) is 5.95 Å². The third-order valence-corrected chi connectivity index (χ3v) is 3.09. The van der Waals surface area contributed by atoms with E-state index in [1.54, 1.807) is 0 Å². The number of aromatic nitrogens is 2. The summed E-state index contributed by atoms with van der Waals surface area (Å²) in [5.74, 6) is 0.914. The Bertz CT molecular complexity index is 408. The molecule has 2 rings (SSSR count). The molecule has 2 unspecified atom stereocenters. The largest absolute Gasteiger partial charge is 0.340 e. The van der Waals surface area contributed by atoms with Crippen molar-refractivity contribution in [2.24, 2.45) is 11.7 Å². The molecule has 1 fully saturated rings. The predicted octanol–water partition coefficient (Wildman–Crippen LogP) is 0.558. The molecule has 17 heavy (non-hydrogen) atoms. The number of hydrogen-bond donors (Lipinski definition) is 1. The molecule has 0 spiro atoms. The smallest absolute Gasteiger partial charge is 0.305 e. The summed E-state index contributed by atoms with van der Waals surface area (Å²) in [7, 11) is 0. The van der Waals surface area contributed by atoms with Crippen LogP contribution in [0.15, 0.2) is 12.4 Å². The van der Waals surface area contributed by atoms with Crippen LogP contribution in [0.5, 0.6) is 0 Å². The van der Waals surface area contributed by atoms with Crippen molar-refractivity contribution in [1.82, 2.24) is 9.97 Å². The first kappa shape index (κ1) is 11.7. The molecule has 0 aliphatic carbocycles. The van der Waals surface area contributed by atoms with Gasteiger partial charge >= 0.3 is 5.69 Å². The highest BCUT2D eigenvalue weighted by molar-refractivity contribution is 5.34. The van der Waals surface area contributed by atoms with Crippen molar-refractivity contribution in [3.8, 4) is 0 Å². The van der Waals surface area contributed by atoms with Gasteiger partial charge in [-0.25, -0.2) is 9.97 Å². The summed E-state index contributed by atoms with van der Waals surface area (Å²) in [4.78, 5) is 20.0. The van der Waals surface area contributed by atoms with Crippen LogP contribution in [0.1, 0.15) is 13.3 Å². The molecule has 2 heterocycles. The lowest BCUT2D eigenvalue weighted by Crippen LogP contribution is -2.46. The Balaban J connectivity index is 2.10. The Hall–Kier alpha value is -1.76. The summed E-state index contributed by atoms with van der Waals surface area (Å²) >= 11 is 0. The summed E-state index contributed by atoms with van der Waals surface area (Å²) < 4.78 is 0. The maximum Gasteiger partial charge on any atom is 0.305 e. The Morgan fingerprint density at radius 3 is 2.71 bits per heavy atom. The van der Waals surface area contributed by atoms with Crippen molar-refractivity contribution < 1.29 is 4.92 Å². The third kappa shape index (κ3) is 2.50. The van der Waals surface area contributed by atoms with Crippen LogP contribution >= 0.6 is 0 Å². The minimum atomic E-state index is -0.501. The summed E-state index contributed by atoms with van der Waals surface area (Å²) in [6.07, 6.45) is 3.37. The highest BCUT2D eigenvalue weighted by Gasteiger charge is 2.24. The second-order valence-corrected chi connectivity index (χ2v) is 4.37. The monoisotopic (exact) mass is 237 g/mol. The van der Waals surface area contributed by atoms with Crippen molar-refractivity contribution in [2.45, 2.75) is 19.4 Å². The first-order valence-corrected chi connectivity index (χ1v) is 5.55. The van der Waals surface area contributed by atoms with Gasteiger partial charge in [0.15, 0.2) is 0 Å². The van der Waals surface area contributed by atoms with E-state index in [-0.39, 0.29) is 11.7 Å². The highest BCUT2D eigenvalue weighted by atomic mass is 16.6. The predicted molar refractivity (Wildman–Crippen MR) is 62.7 cm³/mol. The Labute approximate surface area is 98.8 Å². The molecule has 0 bridgehead atoms. The van der Waals surface area contributed by atoms with E-state index in [0.717, 1.165) is 19.5 Å². The fraction of sp³-hybridized carbons (Fsp3) is 0.600. The van der Waals surface area contributed by atoms with Crippen LogP contribution in [0.4, 0.5) is 11.6 Å². The lowest BCUT2D eigenvalue weighted by atomic mass is 9.95. The van der Waals surface area contributed by atoms with Gasteiger partial charge < -0.3 is 10.6 Å². The highest BCUT2D eigenvalue weighted by Crippen LogP contribution is 2.19. The second-order valence-electron chi connectivity index (χ2n) is 4.37. The fourth-order valence-corrected chi connectivity index (χ4v) is 1.92. The third-order valence-electron chi connectivity index (χ3n) is 3.09. The van der Waals surface area contributed by atoms with E-state index >= 15 is 0 Å². The number of anilines is 1. The van der Waals surface area contributed by atoms with Crippen LogP contribution in [0.2, 0.25) is 0 Å². The molecule has 1 aromatic rings. The van der Waals surface area contributed by atoms with Crippen LogP contribution in [-0.2, 0) is 0 Å². The molecular weight excluding hydrogens is 222 g/mol. The van der Waals surface area contributed by atoms with Gasteiger partial charge in [-0.1, -0.05) is 6.92 Å². The molecule has 0 saturated carbocycles. The van der Waals surface area contributed by atoms with Crippen molar-refractivity contribution >= 4 is 11.6 Å². The molecule has 1 aromatic heterocycles. The van der Waals surface area contributed by atoms with Gasteiger partial charge in [-0.2, -0.15) is 0 Å². The van der Waals surface area contributed by atoms with Gasteiger partial charge in [-0.05, 0) is 12.3 Å². The number of piperidine rings is 1. The number of nitrogens with zero attached hydrogens (tertiary/aromatic N) is 4.